The second-order valence-corrected chi connectivity index (χ2v) is 4.62. The van der Waals surface area contributed by atoms with E-state index in [2.05, 4.69) is 0 Å². The van der Waals surface area contributed by atoms with Crippen LogP contribution in [0.25, 0.3) is 0 Å². The molecule has 0 spiro atoms. The van der Waals surface area contributed by atoms with E-state index in [4.69, 9.17) is 32.7 Å². The van der Waals surface area contributed by atoms with E-state index in [1.807, 2.05) is 0 Å². The number of non-ortho nitro benzene ring substituents is 1. The number of ether oxygens (including phenoxy) is 2. The number of hydrogen-bond donors (Lipinski definition) is 0. The van der Waals surface area contributed by atoms with E-state index in [0.29, 0.717) is 22.3 Å². The van der Waals surface area contributed by atoms with Gasteiger partial charge in [0, 0.05) is 23.2 Å². The second-order valence-electron chi connectivity index (χ2n) is 3.77. The number of benzene rings is 2. The van der Waals surface area contributed by atoms with Crippen LogP contribution in [-0.4, -0.2) is 12.0 Å². The van der Waals surface area contributed by atoms with Gasteiger partial charge < -0.3 is 9.47 Å². The number of hydrogen-bond acceptors (Lipinski definition) is 4. The first-order valence-corrected chi connectivity index (χ1v) is 6.22. The van der Waals surface area contributed by atoms with Crippen LogP contribution in [0.2, 0.25) is 10.0 Å². The molecule has 0 atom stereocenters. The molecule has 0 aliphatic heterocycles. The lowest BCUT2D eigenvalue weighted by molar-refractivity contribution is -0.384. The molecule has 0 bridgehead atoms. The topological polar surface area (TPSA) is 61.6 Å². The molecule has 2 aromatic rings. The molecule has 0 aliphatic carbocycles. The number of nitrogens with zero attached hydrogens (tertiary/aromatic N) is 1. The van der Waals surface area contributed by atoms with Gasteiger partial charge in [-0.3, -0.25) is 10.1 Å². The molecule has 0 saturated heterocycles. The highest BCUT2D eigenvalue weighted by molar-refractivity contribution is 6.35. The Morgan fingerprint density at radius 1 is 1.15 bits per heavy atom. The van der Waals surface area contributed by atoms with Gasteiger partial charge in [0.1, 0.15) is 5.75 Å². The lowest BCUT2D eigenvalue weighted by Gasteiger charge is -2.12. The quantitative estimate of drug-likeness (QED) is 0.606. The standard InChI is InChI=1S/C13H9Cl2NO4/c1-19-12-7-8(14)6-11(15)13(12)20-10-4-2-9(3-5-10)16(17)18/h2-7H,1H3. The molecule has 104 valence electrons. The van der Waals surface area contributed by atoms with Crippen LogP contribution < -0.4 is 9.47 Å². The van der Waals surface area contributed by atoms with Gasteiger partial charge in [-0.15, -0.1) is 0 Å². The molecule has 0 aliphatic rings. The van der Waals surface area contributed by atoms with Crippen molar-refractivity contribution in [3.63, 3.8) is 0 Å². The summed E-state index contributed by atoms with van der Waals surface area (Å²) in [4.78, 5) is 10.1. The molecule has 0 heterocycles. The van der Waals surface area contributed by atoms with Crippen molar-refractivity contribution < 1.29 is 14.4 Å². The smallest absolute Gasteiger partial charge is 0.269 e. The van der Waals surface area contributed by atoms with Crippen LogP contribution in [-0.2, 0) is 0 Å². The largest absolute Gasteiger partial charge is 0.493 e. The highest BCUT2D eigenvalue weighted by Gasteiger charge is 2.13. The zero-order chi connectivity index (χ0) is 14.7. The van der Waals surface area contributed by atoms with E-state index in [-0.39, 0.29) is 10.7 Å². The van der Waals surface area contributed by atoms with Gasteiger partial charge >= 0.3 is 0 Å². The van der Waals surface area contributed by atoms with Crippen LogP contribution in [0, 0.1) is 10.1 Å². The van der Waals surface area contributed by atoms with Crippen molar-refractivity contribution in [3.05, 3.63) is 56.6 Å². The molecule has 2 aromatic carbocycles. The van der Waals surface area contributed by atoms with Gasteiger partial charge in [0.2, 0.25) is 0 Å². The van der Waals surface area contributed by atoms with Crippen LogP contribution in [0.1, 0.15) is 0 Å². The van der Waals surface area contributed by atoms with E-state index in [0.717, 1.165) is 0 Å². The van der Waals surface area contributed by atoms with Crippen LogP contribution in [0.4, 0.5) is 5.69 Å². The Morgan fingerprint density at radius 2 is 1.80 bits per heavy atom. The first kappa shape index (κ1) is 14.4. The predicted octanol–water partition coefficient (Wildman–Crippen LogP) is 4.70. The van der Waals surface area contributed by atoms with Crippen molar-refractivity contribution in [2.75, 3.05) is 7.11 Å². The minimum Gasteiger partial charge on any atom is -0.493 e. The lowest BCUT2D eigenvalue weighted by Crippen LogP contribution is -1.92. The summed E-state index contributed by atoms with van der Waals surface area (Å²) in [6.07, 6.45) is 0. The molecule has 0 radical (unpaired) electrons. The maximum atomic E-state index is 10.6. The minimum atomic E-state index is -0.486. The molecular formula is C13H9Cl2NO4. The van der Waals surface area contributed by atoms with Crippen LogP contribution in [0.3, 0.4) is 0 Å². The fraction of sp³-hybridized carbons (Fsp3) is 0.0769. The summed E-state index contributed by atoms with van der Waals surface area (Å²) in [7, 11) is 1.46. The number of nitro benzene ring substituents is 1. The molecule has 7 heteroatoms. The summed E-state index contributed by atoms with van der Waals surface area (Å²) in [5.74, 6) is 1.08. The maximum Gasteiger partial charge on any atom is 0.269 e. The molecule has 0 saturated carbocycles. The third-order valence-electron chi connectivity index (χ3n) is 2.46. The molecular weight excluding hydrogens is 305 g/mol. The molecule has 20 heavy (non-hydrogen) atoms. The number of nitro groups is 1. The number of rotatable bonds is 4. The van der Waals surface area contributed by atoms with Crippen molar-refractivity contribution in [3.8, 4) is 17.2 Å². The molecule has 0 aromatic heterocycles. The SMILES string of the molecule is COc1cc(Cl)cc(Cl)c1Oc1ccc([N+](=O)[O-])cc1. The highest BCUT2D eigenvalue weighted by atomic mass is 35.5. The van der Waals surface area contributed by atoms with Crippen molar-refractivity contribution >= 4 is 28.9 Å². The minimum absolute atomic E-state index is 0.0217. The van der Waals surface area contributed by atoms with Gasteiger partial charge in [-0.1, -0.05) is 23.2 Å². The van der Waals surface area contributed by atoms with E-state index in [9.17, 15) is 10.1 Å². The second kappa shape index (κ2) is 5.98. The van der Waals surface area contributed by atoms with Crippen LogP contribution in [0.15, 0.2) is 36.4 Å². The van der Waals surface area contributed by atoms with Crippen molar-refractivity contribution in [2.45, 2.75) is 0 Å². The summed E-state index contributed by atoms with van der Waals surface area (Å²) in [5, 5.41) is 11.3. The van der Waals surface area contributed by atoms with Gasteiger partial charge in [0.25, 0.3) is 5.69 Å². The fourth-order valence-corrected chi connectivity index (χ4v) is 2.05. The zero-order valence-corrected chi connectivity index (χ0v) is 11.8. The Kier molecular flexibility index (Phi) is 4.32. The molecule has 2 rings (SSSR count). The third-order valence-corrected chi connectivity index (χ3v) is 2.96. The Balaban J connectivity index is 2.32. The van der Waals surface area contributed by atoms with E-state index < -0.39 is 4.92 Å². The summed E-state index contributed by atoms with van der Waals surface area (Å²) in [5.41, 5.74) is -0.0217. The van der Waals surface area contributed by atoms with Crippen molar-refractivity contribution in [1.29, 1.82) is 0 Å². The first-order valence-electron chi connectivity index (χ1n) is 5.46. The van der Waals surface area contributed by atoms with Crippen molar-refractivity contribution in [1.82, 2.24) is 0 Å². The summed E-state index contributed by atoms with van der Waals surface area (Å²) in [6.45, 7) is 0. The Hall–Kier alpha value is -1.98. The number of methoxy groups -OCH3 is 1. The predicted molar refractivity (Wildman–Crippen MR) is 76.2 cm³/mol. The van der Waals surface area contributed by atoms with Gasteiger partial charge in [-0.05, 0) is 18.2 Å². The maximum absolute atomic E-state index is 10.6. The summed E-state index contributed by atoms with van der Waals surface area (Å²) >= 11 is 11.9. The van der Waals surface area contributed by atoms with Crippen LogP contribution in [0.5, 0.6) is 17.2 Å². The van der Waals surface area contributed by atoms with Crippen LogP contribution >= 0.6 is 23.2 Å². The van der Waals surface area contributed by atoms with Gasteiger partial charge in [-0.25, -0.2) is 0 Å². The summed E-state index contributed by atoms with van der Waals surface area (Å²) in [6, 6.07) is 8.71. The lowest BCUT2D eigenvalue weighted by atomic mass is 10.3. The summed E-state index contributed by atoms with van der Waals surface area (Å²) < 4.78 is 10.7. The highest BCUT2D eigenvalue weighted by Crippen LogP contribution is 2.40. The Bertz CT molecular complexity index is 644. The average molecular weight is 314 g/mol. The molecule has 0 N–H and O–H groups in total. The van der Waals surface area contributed by atoms with Gasteiger partial charge in [0.15, 0.2) is 11.5 Å². The Morgan fingerprint density at radius 3 is 2.35 bits per heavy atom. The Labute approximate surface area is 124 Å². The molecule has 5 nitrogen and oxygen atoms in total. The van der Waals surface area contributed by atoms with Crippen molar-refractivity contribution in [2.24, 2.45) is 0 Å². The molecule has 0 amide bonds. The van der Waals surface area contributed by atoms with Gasteiger partial charge in [0.05, 0.1) is 17.1 Å². The van der Waals surface area contributed by atoms with E-state index >= 15 is 0 Å². The molecule has 0 unspecified atom stereocenters. The monoisotopic (exact) mass is 313 g/mol. The average Bonchev–Trinajstić information content (AvgIpc) is 2.42. The normalized spacial score (nSPS) is 10.2. The third kappa shape index (κ3) is 3.12. The number of halogens is 2. The zero-order valence-electron chi connectivity index (χ0n) is 10.3. The first-order chi connectivity index (χ1) is 9.51. The van der Waals surface area contributed by atoms with E-state index in [1.54, 1.807) is 6.07 Å². The molecule has 0 fully saturated rings. The van der Waals surface area contributed by atoms with Gasteiger partial charge in [-0.2, -0.15) is 0 Å². The fourth-order valence-electron chi connectivity index (χ4n) is 1.54. The van der Waals surface area contributed by atoms with E-state index in [1.165, 1.54) is 37.4 Å².